The highest BCUT2D eigenvalue weighted by atomic mass is 16.4. The molecule has 7 nitrogen and oxygen atoms in total. The van der Waals surface area contributed by atoms with Crippen molar-refractivity contribution in [2.24, 2.45) is 5.92 Å². The van der Waals surface area contributed by atoms with Gasteiger partial charge >= 0.3 is 0 Å². The lowest BCUT2D eigenvalue weighted by molar-refractivity contribution is -0.311. The summed E-state index contributed by atoms with van der Waals surface area (Å²) in [5, 5.41) is 13.1. The van der Waals surface area contributed by atoms with E-state index in [1.807, 2.05) is 0 Å². The van der Waals surface area contributed by atoms with Crippen LogP contribution in [-0.2, 0) is 19.2 Å². The van der Waals surface area contributed by atoms with Crippen LogP contribution in [0.1, 0.15) is 19.8 Å². The minimum atomic E-state index is -1.61. The van der Waals surface area contributed by atoms with Crippen LogP contribution < -0.4 is 10.4 Å². The quantitative estimate of drug-likeness (QED) is 0.554. The Morgan fingerprint density at radius 1 is 1.53 bits per heavy atom. The molecule has 0 aliphatic carbocycles. The average Bonchev–Trinajstić information content (AvgIpc) is 2.50. The molecule has 2 atom stereocenters. The molecule has 1 heterocycles. The Morgan fingerprint density at radius 2 is 2.12 bits per heavy atom. The molecule has 0 spiro atoms. The molecule has 3 amide bonds. The normalized spacial score (nSPS) is 21.5. The summed E-state index contributed by atoms with van der Waals surface area (Å²) in [5.41, 5.74) is 0. The third kappa shape index (κ3) is 2.61. The van der Waals surface area contributed by atoms with Crippen LogP contribution >= 0.6 is 0 Å². The van der Waals surface area contributed by atoms with Crippen molar-refractivity contribution < 1.29 is 24.3 Å². The number of carboxylic acids is 1. The van der Waals surface area contributed by atoms with E-state index in [4.69, 9.17) is 0 Å². The van der Waals surface area contributed by atoms with Crippen LogP contribution in [0.15, 0.2) is 0 Å². The van der Waals surface area contributed by atoms with E-state index in [1.165, 1.54) is 14.0 Å². The average molecular weight is 241 g/mol. The first kappa shape index (κ1) is 13.1. The molecule has 1 aliphatic rings. The smallest absolute Gasteiger partial charge is 0.233 e. The largest absolute Gasteiger partial charge is 0.548 e. The molecule has 0 aromatic carbocycles. The summed E-state index contributed by atoms with van der Waals surface area (Å²) >= 11 is 0. The zero-order valence-electron chi connectivity index (χ0n) is 9.56. The number of carbonyl (C=O) groups is 4. The molecule has 1 fully saturated rings. The van der Waals surface area contributed by atoms with Crippen molar-refractivity contribution in [3.8, 4) is 0 Å². The van der Waals surface area contributed by atoms with Crippen LogP contribution in [0.25, 0.3) is 0 Å². The first-order valence-electron chi connectivity index (χ1n) is 5.15. The van der Waals surface area contributed by atoms with E-state index < -0.39 is 42.1 Å². The van der Waals surface area contributed by atoms with Gasteiger partial charge < -0.3 is 15.2 Å². The van der Waals surface area contributed by atoms with E-state index in [1.54, 1.807) is 0 Å². The maximum absolute atomic E-state index is 11.6. The number of imide groups is 1. The van der Waals surface area contributed by atoms with Gasteiger partial charge in [0.25, 0.3) is 0 Å². The van der Waals surface area contributed by atoms with Gasteiger partial charge in [0, 0.05) is 19.4 Å². The zero-order chi connectivity index (χ0) is 13.2. The first-order chi connectivity index (χ1) is 7.88. The molecule has 0 aromatic heterocycles. The lowest BCUT2D eigenvalue weighted by atomic mass is 10.1. The lowest BCUT2D eigenvalue weighted by Crippen LogP contribution is -2.52. The Kier molecular flexibility index (Phi) is 3.82. The number of hydrogen-bond acceptors (Lipinski definition) is 5. The summed E-state index contributed by atoms with van der Waals surface area (Å²) in [6.45, 7) is 1.53. The predicted molar refractivity (Wildman–Crippen MR) is 53.1 cm³/mol. The summed E-state index contributed by atoms with van der Waals surface area (Å²) in [6.07, 6.45) is -0.514. The van der Waals surface area contributed by atoms with Crippen molar-refractivity contribution in [3.63, 3.8) is 0 Å². The topological polar surface area (TPSA) is 107 Å². The molecule has 7 heteroatoms. The second kappa shape index (κ2) is 4.94. The lowest BCUT2D eigenvalue weighted by Gasteiger charge is -2.26. The summed E-state index contributed by atoms with van der Waals surface area (Å²) in [6, 6.07) is -1.53. The van der Waals surface area contributed by atoms with E-state index in [2.05, 4.69) is 5.32 Å². The van der Waals surface area contributed by atoms with Gasteiger partial charge in [0.2, 0.25) is 17.7 Å². The second-order valence-electron chi connectivity index (χ2n) is 3.92. The predicted octanol–water partition coefficient (Wildman–Crippen LogP) is -2.36. The van der Waals surface area contributed by atoms with Crippen LogP contribution in [0.2, 0.25) is 0 Å². The molecule has 2 unspecified atom stereocenters. The van der Waals surface area contributed by atoms with Crippen molar-refractivity contribution in [3.05, 3.63) is 0 Å². The molecule has 0 radical (unpaired) electrons. The summed E-state index contributed by atoms with van der Waals surface area (Å²) in [5.74, 6) is -3.88. The number of likely N-dealkylation sites (tertiary alicyclic amines) is 1. The molecule has 1 N–H and O–H groups in total. The van der Waals surface area contributed by atoms with Crippen LogP contribution in [0.4, 0.5) is 0 Å². The van der Waals surface area contributed by atoms with Crippen molar-refractivity contribution >= 4 is 23.7 Å². The molecule has 1 rings (SSSR count). The Hall–Kier alpha value is -1.92. The van der Waals surface area contributed by atoms with Gasteiger partial charge in [-0.1, -0.05) is 6.92 Å². The van der Waals surface area contributed by atoms with Crippen LogP contribution in [0.5, 0.6) is 0 Å². The zero-order valence-corrected chi connectivity index (χ0v) is 9.56. The number of carboxylic acid groups (broad SMARTS) is 1. The van der Waals surface area contributed by atoms with E-state index in [9.17, 15) is 24.3 Å². The Balaban J connectivity index is 2.91. The molecule has 1 saturated heterocycles. The maximum Gasteiger partial charge on any atom is 0.233 e. The minimum Gasteiger partial charge on any atom is -0.548 e. The number of carbonyl (C=O) groups excluding carboxylic acids is 4. The first-order valence-corrected chi connectivity index (χ1v) is 5.15. The number of nitrogens with one attached hydrogen (secondary N) is 1. The molecule has 0 aromatic rings. The standard InChI is InChI=1S/C10H14N2O5/c1-5-3-8(14)12(9(5)15)6(10(16)17)4-7(13)11-2/h5-6H,3-4H2,1-2H3,(H,11,13)(H,16,17)/p-1. The van der Waals surface area contributed by atoms with Gasteiger partial charge in [-0.3, -0.25) is 19.3 Å². The molecule has 1 aliphatic heterocycles. The van der Waals surface area contributed by atoms with Gasteiger partial charge in [-0.15, -0.1) is 0 Å². The van der Waals surface area contributed by atoms with Gasteiger partial charge in [0.15, 0.2) is 0 Å². The van der Waals surface area contributed by atoms with E-state index in [-0.39, 0.29) is 6.42 Å². The second-order valence-corrected chi connectivity index (χ2v) is 3.92. The number of amides is 3. The van der Waals surface area contributed by atoms with Gasteiger partial charge in [-0.2, -0.15) is 0 Å². The molecule has 17 heavy (non-hydrogen) atoms. The Bertz CT molecular complexity index is 379. The fourth-order valence-electron chi connectivity index (χ4n) is 1.69. The summed E-state index contributed by atoms with van der Waals surface area (Å²) in [7, 11) is 1.34. The molecule has 94 valence electrons. The number of nitrogens with zero attached hydrogens (tertiary/aromatic N) is 1. The fourth-order valence-corrected chi connectivity index (χ4v) is 1.69. The number of aliphatic carboxylic acids is 1. The highest BCUT2D eigenvalue weighted by Crippen LogP contribution is 2.22. The number of hydrogen-bond donors (Lipinski definition) is 1. The van der Waals surface area contributed by atoms with E-state index in [0.717, 1.165) is 0 Å². The SMILES string of the molecule is CNC(=O)CC(C(=O)[O-])N1C(=O)CC(C)C1=O. The molecular formula is C10H13N2O5-. The third-order valence-electron chi connectivity index (χ3n) is 2.65. The van der Waals surface area contributed by atoms with Gasteiger partial charge in [-0.25, -0.2) is 0 Å². The Labute approximate surface area is 97.8 Å². The highest BCUT2D eigenvalue weighted by molar-refractivity contribution is 6.06. The number of rotatable bonds is 4. The van der Waals surface area contributed by atoms with E-state index in [0.29, 0.717) is 4.90 Å². The third-order valence-corrected chi connectivity index (χ3v) is 2.65. The Morgan fingerprint density at radius 3 is 2.47 bits per heavy atom. The molecule has 0 saturated carbocycles. The minimum absolute atomic E-state index is 0.0314. The summed E-state index contributed by atoms with van der Waals surface area (Å²) < 4.78 is 0. The van der Waals surface area contributed by atoms with Gasteiger partial charge in [0.1, 0.15) is 0 Å². The van der Waals surface area contributed by atoms with Crippen molar-refractivity contribution in [2.45, 2.75) is 25.8 Å². The fraction of sp³-hybridized carbons (Fsp3) is 0.600. The van der Waals surface area contributed by atoms with Gasteiger partial charge in [0.05, 0.1) is 18.4 Å². The van der Waals surface area contributed by atoms with Crippen molar-refractivity contribution in [1.29, 1.82) is 0 Å². The van der Waals surface area contributed by atoms with Crippen molar-refractivity contribution in [2.75, 3.05) is 7.05 Å². The van der Waals surface area contributed by atoms with Crippen LogP contribution in [0, 0.1) is 5.92 Å². The summed E-state index contributed by atoms with van der Waals surface area (Å²) in [4.78, 5) is 45.8. The maximum atomic E-state index is 11.6. The molecule has 0 bridgehead atoms. The van der Waals surface area contributed by atoms with Crippen molar-refractivity contribution in [1.82, 2.24) is 10.2 Å². The van der Waals surface area contributed by atoms with Gasteiger partial charge in [-0.05, 0) is 0 Å². The van der Waals surface area contributed by atoms with E-state index >= 15 is 0 Å². The molecular weight excluding hydrogens is 228 g/mol. The highest BCUT2D eigenvalue weighted by Gasteiger charge is 2.41. The van der Waals surface area contributed by atoms with Crippen LogP contribution in [-0.4, -0.2) is 41.7 Å². The van der Waals surface area contributed by atoms with Crippen LogP contribution in [0.3, 0.4) is 0 Å². The monoisotopic (exact) mass is 241 g/mol.